The molecule has 0 saturated carbocycles. The molecule has 114 valence electrons. The molecule has 2 aromatic rings. The number of hydrogen-bond donors (Lipinski definition) is 1. The number of carbonyl (C=O) groups is 1. The van der Waals surface area contributed by atoms with Crippen LogP contribution in [-0.4, -0.2) is 24.8 Å². The molecule has 0 aliphatic heterocycles. The lowest BCUT2D eigenvalue weighted by Gasteiger charge is -2.11. The molecule has 2 rings (SSSR count). The third kappa shape index (κ3) is 4.66. The van der Waals surface area contributed by atoms with E-state index < -0.39 is 5.97 Å². The Bertz CT molecular complexity index is 647. The normalized spacial score (nSPS) is 10.6. The summed E-state index contributed by atoms with van der Waals surface area (Å²) in [6.07, 6.45) is 3.41. The van der Waals surface area contributed by atoms with Crippen LogP contribution in [0, 0.1) is 0 Å². The van der Waals surface area contributed by atoms with Crippen molar-refractivity contribution in [1.29, 1.82) is 0 Å². The Morgan fingerprint density at radius 3 is 2.59 bits per heavy atom. The Hall–Kier alpha value is -2.75. The van der Waals surface area contributed by atoms with Crippen LogP contribution in [0.15, 0.2) is 54.6 Å². The van der Waals surface area contributed by atoms with E-state index in [0.717, 1.165) is 18.1 Å². The molecule has 0 radical (unpaired) electrons. The van der Waals surface area contributed by atoms with E-state index in [2.05, 4.69) is 12.1 Å². The average Bonchev–Trinajstić information content (AvgIpc) is 2.54. The summed E-state index contributed by atoms with van der Waals surface area (Å²) in [5.41, 5.74) is 1.96. The highest BCUT2D eigenvalue weighted by Gasteiger charge is 2.05. The van der Waals surface area contributed by atoms with Crippen LogP contribution >= 0.6 is 0 Å². The van der Waals surface area contributed by atoms with E-state index in [0.29, 0.717) is 18.1 Å². The molecule has 0 saturated heterocycles. The lowest BCUT2D eigenvalue weighted by atomic mass is 10.1. The van der Waals surface area contributed by atoms with Crippen LogP contribution in [0.2, 0.25) is 0 Å². The minimum Gasteiger partial charge on any atom is -0.493 e. The van der Waals surface area contributed by atoms with Crippen LogP contribution in [0.5, 0.6) is 11.5 Å². The van der Waals surface area contributed by atoms with Crippen molar-refractivity contribution >= 4 is 12.0 Å². The molecular weight excluding hydrogens is 280 g/mol. The summed E-state index contributed by atoms with van der Waals surface area (Å²) in [6.45, 7) is 0.546. The highest BCUT2D eigenvalue weighted by Crippen LogP contribution is 2.28. The quantitative estimate of drug-likeness (QED) is 0.796. The first-order chi connectivity index (χ1) is 10.7. The van der Waals surface area contributed by atoms with Crippen LogP contribution in [-0.2, 0) is 11.2 Å². The number of hydrogen-bond acceptors (Lipinski definition) is 3. The number of rotatable bonds is 7. The van der Waals surface area contributed by atoms with Crippen molar-refractivity contribution in [3.05, 3.63) is 65.7 Å². The number of carboxylic acids is 1. The van der Waals surface area contributed by atoms with Crippen molar-refractivity contribution in [2.75, 3.05) is 13.7 Å². The monoisotopic (exact) mass is 298 g/mol. The van der Waals surface area contributed by atoms with Crippen LogP contribution in [0.4, 0.5) is 0 Å². The molecule has 0 fully saturated rings. The highest BCUT2D eigenvalue weighted by atomic mass is 16.5. The Kier molecular flexibility index (Phi) is 5.60. The second-order valence-corrected chi connectivity index (χ2v) is 4.67. The topological polar surface area (TPSA) is 55.8 Å². The highest BCUT2D eigenvalue weighted by molar-refractivity contribution is 5.85. The van der Waals surface area contributed by atoms with Crippen molar-refractivity contribution in [2.24, 2.45) is 0 Å². The summed E-state index contributed by atoms with van der Waals surface area (Å²) >= 11 is 0. The fourth-order valence-corrected chi connectivity index (χ4v) is 2.00. The molecule has 0 unspecified atom stereocenters. The maximum Gasteiger partial charge on any atom is 0.328 e. The van der Waals surface area contributed by atoms with Gasteiger partial charge in [-0.05, 0) is 29.3 Å². The van der Waals surface area contributed by atoms with E-state index in [1.165, 1.54) is 11.6 Å². The smallest absolute Gasteiger partial charge is 0.328 e. The lowest BCUT2D eigenvalue weighted by Crippen LogP contribution is -2.02. The van der Waals surface area contributed by atoms with E-state index >= 15 is 0 Å². The second kappa shape index (κ2) is 7.88. The first-order valence-corrected chi connectivity index (χ1v) is 6.95. The van der Waals surface area contributed by atoms with Crippen LogP contribution < -0.4 is 9.47 Å². The number of benzene rings is 2. The van der Waals surface area contributed by atoms with Gasteiger partial charge < -0.3 is 14.6 Å². The van der Waals surface area contributed by atoms with Gasteiger partial charge in [0, 0.05) is 12.5 Å². The molecule has 0 heterocycles. The predicted molar refractivity (Wildman–Crippen MR) is 85.3 cm³/mol. The molecule has 0 atom stereocenters. The number of ether oxygens (including phenoxy) is 2. The molecule has 4 nitrogen and oxygen atoms in total. The molecule has 2 aromatic carbocycles. The predicted octanol–water partition coefficient (Wildman–Crippen LogP) is 3.41. The van der Waals surface area contributed by atoms with Crippen molar-refractivity contribution in [2.45, 2.75) is 6.42 Å². The number of aliphatic carboxylic acids is 1. The van der Waals surface area contributed by atoms with Gasteiger partial charge >= 0.3 is 5.97 Å². The minimum atomic E-state index is -0.984. The Morgan fingerprint density at radius 1 is 1.14 bits per heavy atom. The summed E-state index contributed by atoms with van der Waals surface area (Å²) in [5.74, 6) is 0.244. The van der Waals surface area contributed by atoms with Crippen molar-refractivity contribution < 1.29 is 19.4 Å². The Morgan fingerprint density at radius 2 is 1.91 bits per heavy atom. The summed E-state index contributed by atoms with van der Waals surface area (Å²) in [5, 5.41) is 8.64. The maximum atomic E-state index is 10.5. The average molecular weight is 298 g/mol. The van der Waals surface area contributed by atoms with Gasteiger partial charge in [-0.1, -0.05) is 36.4 Å². The Labute approximate surface area is 129 Å². The van der Waals surface area contributed by atoms with Crippen molar-refractivity contribution in [3.8, 4) is 11.5 Å². The third-order valence-electron chi connectivity index (χ3n) is 3.10. The summed E-state index contributed by atoms with van der Waals surface area (Å²) in [4.78, 5) is 10.5. The molecule has 0 aliphatic carbocycles. The van der Waals surface area contributed by atoms with Gasteiger partial charge in [0.15, 0.2) is 11.5 Å². The second-order valence-electron chi connectivity index (χ2n) is 4.67. The minimum absolute atomic E-state index is 0.546. The van der Waals surface area contributed by atoms with E-state index in [1.54, 1.807) is 25.3 Å². The molecule has 1 N–H and O–H groups in total. The van der Waals surface area contributed by atoms with Gasteiger partial charge in [0.2, 0.25) is 0 Å². The fraction of sp³-hybridized carbons (Fsp3) is 0.167. The zero-order chi connectivity index (χ0) is 15.8. The largest absolute Gasteiger partial charge is 0.493 e. The maximum absolute atomic E-state index is 10.5. The van der Waals surface area contributed by atoms with Gasteiger partial charge in [-0.2, -0.15) is 0 Å². The molecular formula is C18H18O4. The first kappa shape index (κ1) is 15.6. The van der Waals surface area contributed by atoms with Crippen molar-refractivity contribution in [1.82, 2.24) is 0 Å². The third-order valence-corrected chi connectivity index (χ3v) is 3.10. The van der Waals surface area contributed by atoms with Crippen LogP contribution in [0.1, 0.15) is 11.1 Å². The van der Waals surface area contributed by atoms with Gasteiger partial charge in [0.05, 0.1) is 13.7 Å². The van der Waals surface area contributed by atoms with Gasteiger partial charge in [-0.3, -0.25) is 0 Å². The molecule has 0 amide bonds. The zero-order valence-electron chi connectivity index (χ0n) is 12.4. The zero-order valence-corrected chi connectivity index (χ0v) is 12.4. The summed E-state index contributed by atoms with van der Waals surface area (Å²) < 4.78 is 11.0. The van der Waals surface area contributed by atoms with E-state index in [-0.39, 0.29) is 0 Å². The van der Waals surface area contributed by atoms with E-state index in [9.17, 15) is 4.79 Å². The first-order valence-electron chi connectivity index (χ1n) is 6.95. The molecule has 0 aliphatic rings. The van der Waals surface area contributed by atoms with Gasteiger partial charge in [-0.15, -0.1) is 0 Å². The van der Waals surface area contributed by atoms with Crippen LogP contribution in [0.25, 0.3) is 6.08 Å². The molecule has 0 spiro atoms. The van der Waals surface area contributed by atoms with Gasteiger partial charge in [0.25, 0.3) is 0 Å². The molecule has 22 heavy (non-hydrogen) atoms. The SMILES string of the molecule is COc1cc(/C=C/C(=O)O)ccc1OCCc1ccccc1. The molecule has 0 bridgehead atoms. The molecule has 0 aromatic heterocycles. The molecule has 4 heteroatoms. The summed E-state index contributed by atoms with van der Waals surface area (Å²) in [6, 6.07) is 15.4. The van der Waals surface area contributed by atoms with E-state index in [1.807, 2.05) is 18.2 Å². The summed E-state index contributed by atoms with van der Waals surface area (Å²) in [7, 11) is 1.56. The van der Waals surface area contributed by atoms with Crippen LogP contribution in [0.3, 0.4) is 0 Å². The number of carboxylic acid groups (broad SMARTS) is 1. The standard InChI is InChI=1S/C18H18O4/c1-21-17-13-15(8-10-18(19)20)7-9-16(17)22-12-11-14-5-3-2-4-6-14/h2-10,13H,11-12H2,1H3,(H,19,20)/b10-8+. The number of methoxy groups -OCH3 is 1. The van der Waals surface area contributed by atoms with Crippen molar-refractivity contribution in [3.63, 3.8) is 0 Å². The van der Waals surface area contributed by atoms with Gasteiger partial charge in [0.1, 0.15) is 0 Å². The lowest BCUT2D eigenvalue weighted by molar-refractivity contribution is -0.131. The Balaban J connectivity index is 2.00. The van der Waals surface area contributed by atoms with E-state index in [4.69, 9.17) is 14.6 Å². The van der Waals surface area contributed by atoms with Gasteiger partial charge in [-0.25, -0.2) is 4.79 Å². The fourth-order valence-electron chi connectivity index (χ4n) is 2.00.